The maximum absolute atomic E-state index is 12.9. The smallest absolute Gasteiger partial charge is 0.314 e. The zero-order valence-corrected chi connectivity index (χ0v) is 13.0. The number of aliphatic carboxylic acids is 1. The molecule has 120 valence electrons. The summed E-state index contributed by atoms with van der Waals surface area (Å²) in [5.41, 5.74) is -1.09. The molecular weight excluding hydrogens is 316 g/mol. The summed E-state index contributed by atoms with van der Waals surface area (Å²) in [6.07, 6.45) is 0. The van der Waals surface area contributed by atoms with Gasteiger partial charge in [0.05, 0.1) is 16.8 Å². The van der Waals surface area contributed by atoms with E-state index >= 15 is 0 Å². The summed E-state index contributed by atoms with van der Waals surface area (Å²) < 4.78 is 25.8. The summed E-state index contributed by atoms with van der Waals surface area (Å²) >= 11 is 0. The van der Waals surface area contributed by atoms with E-state index in [0.717, 1.165) is 0 Å². The van der Waals surface area contributed by atoms with Crippen molar-refractivity contribution >= 4 is 15.8 Å². The molecule has 2 aromatic carbocycles. The van der Waals surface area contributed by atoms with Crippen molar-refractivity contribution < 1.29 is 23.4 Å². The lowest BCUT2D eigenvalue weighted by Crippen LogP contribution is -2.27. The van der Waals surface area contributed by atoms with Crippen molar-refractivity contribution in [3.63, 3.8) is 0 Å². The molecule has 1 saturated carbocycles. The number of benzene rings is 2. The first-order chi connectivity index (χ1) is 11.0. The molecule has 2 aromatic rings. The number of rotatable bonds is 5. The summed E-state index contributed by atoms with van der Waals surface area (Å²) in [5, 5.41) is 18.1. The van der Waals surface area contributed by atoms with Gasteiger partial charge in [-0.3, -0.25) is 4.79 Å². The van der Waals surface area contributed by atoms with Gasteiger partial charge in [0.15, 0.2) is 9.84 Å². The highest BCUT2D eigenvalue weighted by Crippen LogP contribution is 2.63. The lowest BCUT2D eigenvalue weighted by Gasteiger charge is -2.09. The molecule has 3 unspecified atom stereocenters. The average molecular weight is 332 g/mol. The minimum Gasteiger partial charge on any atom is -0.481 e. The Labute approximate surface area is 134 Å². The molecule has 0 saturated heterocycles. The van der Waals surface area contributed by atoms with Crippen LogP contribution in [0.25, 0.3) is 0 Å². The third-order valence-corrected chi connectivity index (χ3v) is 6.77. The van der Waals surface area contributed by atoms with Crippen LogP contribution in [0.1, 0.15) is 11.5 Å². The molecule has 0 heterocycles. The van der Waals surface area contributed by atoms with Crippen LogP contribution in [0.3, 0.4) is 0 Å². The van der Waals surface area contributed by atoms with Gasteiger partial charge in [-0.25, -0.2) is 8.42 Å². The number of carbonyl (C=O) groups is 1. The molecule has 1 aliphatic carbocycles. The van der Waals surface area contributed by atoms with Crippen molar-refractivity contribution in [2.75, 3.05) is 6.61 Å². The van der Waals surface area contributed by atoms with E-state index in [1.54, 1.807) is 48.5 Å². The molecule has 0 aliphatic heterocycles. The van der Waals surface area contributed by atoms with E-state index in [2.05, 4.69) is 0 Å². The molecule has 0 spiro atoms. The summed E-state index contributed by atoms with van der Waals surface area (Å²) in [6, 6.07) is 16.4. The average Bonchev–Trinajstić information content (AvgIpc) is 3.28. The van der Waals surface area contributed by atoms with Crippen molar-refractivity contribution in [2.24, 2.45) is 5.41 Å². The third kappa shape index (κ3) is 2.26. The fraction of sp³-hybridized carbons (Fsp3) is 0.235. The van der Waals surface area contributed by atoms with Crippen LogP contribution in [0, 0.1) is 5.41 Å². The molecule has 0 aromatic heterocycles. The molecular formula is C17H16O5S. The third-order valence-electron chi connectivity index (χ3n) is 4.48. The number of carboxylic acids is 1. The molecule has 5 nitrogen and oxygen atoms in total. The Hall–Kier alpha value is -2.18. The van der Waals surface area contributed by atoms with Gasteiger partial charge in [0.25, 0.3) is 0 Å². The summed E-state index contributed by atoms with van der Waals surface area (Å²) in [7, 11) is -3.87. The molecule has 1 fully saturated rings. The molecule has 1 aliphatic rings. The second kappa shape index (κ2) is 5.47. The molecule has 0 radical (unpaired) electrons. The lowest BCUT2D eigenvalue weighted by atomic mass is 10.0. The van der Waals surface area contributed by atoms with Gasteiger partial charge >= 0.3 is 5.97 Å². The van der Waals surface area contributed by atoms with Crippen molar-refractivity contribution in [2.45, 2.75) is 16.1 Å². The zero-order chi connectivity index (χ0) is 16.7. The van der Waals surface area contributed by atoms with Crippen molar-refractivity contribution in [3.8, 4) is 0 Å². The zero-order valence-electron chi connectivity index (χ0n) is 12.2. The first-order valence-corrected chi connectivity index (χ1v) is 8.69. The fourth-order valence-corrected chi connectivity index (χ4v) is 5.65. The first kappa shape index (κ1) is 15.7. The van der Waals surface area contributed by atoms with Gasteiger partial charge in [-0.1, -0.05) is 48.5 Å². The van der Waals surface area contributed by atoms with E-state index in [4.69, 9.17) is 0 Å². The Bertz CT molecular complexity index is 817. The Morgan fingerprint density at radius 1 is 1.00 bits per heavy atom. The highest BCUT2D eigenvalue weighted by atomic mass is 32.2. The minimum absolute atomic E-state index is 0.0718. The van der Waals surface area contributed by atoms with Gasteiger partial charge in [-0.2, -0.15) is 0 Å². The number of hydrogen-bond donors (Lipinski definition) is 2. The highest BCUT2D eigenvalue weighted by molar-refractivity contribution is 7.92. The van der Waals surface area contributed by atoms with Crippen LogP contribution in [-0.2, 0) is 14.6 Å². The molecule has 0 bridgehead atoms. The van der Waals surface area contributed by atoms with Crippen molar-refractivity contribution in [1.82, 2.24) is 0 Å². The van der Waals surface area contributed by atoms with Crippen LogP contribution < -0.4 is 0 Å². The molecule has 6 heteroatoms. The van der Waals surface area contributed by atoms with Crippen molar-refractivity contribution in [3.05, 3.63) is 66.2 Å². The predicted molar refractivity (Wildman–Crippen MR) is 83.8 cm³/mol. The molecule has 3 rings (SSSR count). The monoisotopic (exact) mass is 332 g/mol. The van der Waals surface area contributed by atoms with E-state index in [0.29, 0.717) is 5.56 Å². The Balaban J connectivity index is 2.12. The summed E-state index contributed by atoms with van der Waals surface area (Å²) in [5.74, 6) is -2.06. The number of aliphatic hydroxyl groups excluding tert-OH is 1. The van der Waals surface area contributed by atoms with Crippen LogP contribution in [0.5, 0.6) is 0 Å². The standard InChI is InChI=1S/C17H16O5S/c18-11-17(16(19)20)14(12-7-3-1-4-8-12)15(17)23(21,22)13-9-5-2-6-10-13/h1-10,14-15,18H,11H2,(H,19,20). The van der Waals surface area contributed by atoms with Crippen LogP contribution in [0.15, 0.2) is 65.6 Å². The maximum Gasteiger partial charge on any atom is 0.314 e. The van der Waals surface area contributed by atoms with E-state index in [1.165, 1.54) is 12.1 Å². The second-order valence-corrected chi connectivity index (χ2v) is 7.74. The predicted octanol–water partition coefficient (Wildman–Crippen LogP) is 1.69. The number of hydrogen-bond acceptors (Lipinski definition) is 4. The largest absolute Gasteiger partial charge is 0.481 e. The van der Waals surface area contributed by atoms with Crippen LogP contribution in [-0.4, -0.2) is 36.5 Å². The van der Waals surface area contributed by atoms with Gasteiger partial charge in [-0.05, 0) is 17.7 Å². The second-order valence-electron chi connectivity index (χ2n) is 5.67. The number of sulfone groups is 1. The van der Waals surface area contributed by atoms with Gasteiger partial charge in [0.1, 0.15) is 5.41 Å². The lowest BCUT2D eigenvalue weighted by molar-refractivity contribution is -0.145. The number of carboxylic acid groups (broad SMARTS) is 1. The highest BCUT2D eigenvalue weighted by Gasteiger charge is 2.75. The Morgan fingerprint density at radius 3 is 2.00 bits per heavy atom. The molecule has 3 atom stereocenters. The number of aliphatic hydroxyl groups is 1. The SMILES string of the molecule is O=C(O)C1(CO)C(c2ccccc2)C1S(=O)(=O)c1ccccc1. The van der Waals surface area contributed by atoms with Gasteiger partial charge < -0.3 is 10.2 Å². The first-order valence-electron chi connectivity index (χ1n) is 7.14. The van der Waals surface area contributed by atoms with E-state index < -0.39 is 39.0 Å². The Kier molecular flexibility index (Phi) is 3.74. The molecule has 0 amide bonds. The quantitative estimate of drug-likeness (QED) is 0.869. The van der Waals surface area contributed by atoms with E-state index in [9.17, 15) is 23.4 Å². The van der Waals surface area contributed by atoms with Gasteiger partial charge in [0, 0.05) is 5.92 Å². The van der Waals surface area contributed by atoms with Crippen molar-refractivity contribution in [1.29, 1.82) is 0 Å². The van der Waals surface area contributed by atoms with E-state index in [-0.39, 0.29) is 4.90 Å². The van der Waals surface area contributed by atoms with Crippen LogP contribution in [0.4, 0.5) is 0 Å². The maximum atomic E-state index is 12.9. The summed E-state index contributed by atoms with van der Waals surface area (Å²) in [6.45, 7) is -0.724. The fourth-order valence-electron chi connectivity index (χ4n) is 3.26. The molecule has 23 heavy (non-hydrogen) atoms. The normalized spacial score (nSPS) is 26.7. The van der Waals surface area contributed by atoms with Crippen LogP contribution >= 0.6 is 0 Å². The van der Waals surface area contributed by atoms with Gasteiger partial charge in [-0.15, -0.1) is 0 Å². The van der Waals surface area contributed by atoms with Gasteiger partial charge in [0.2, 0.25) is 0 Å². The topological polar surface area (TPSA) is 91.7 Å². The Morgan fingerprint density at radius 2 is 1.52 bits per heavy atom. The van der Waals surface area contributed by atoms with Crippen LogP contribution in [0.2, 0.25) is 0 Å². The van der Waals surface area contributed by atoms with E-state index in [1.807, 2.05) is 0 Å². The summed E-state index contributed by atoms with van der Waals surface area (Å²) in [4.78, 5) is 11.8. The molecule has 2 N–H and O–H groups in total. The minimum atomic E-state index is -3.87.